The SMILES string of the molecule is CC(C)(C)OC(=O)N1CC(S(=O)[O-])C1.CC(C)(C)OC(=O)N1CC(S(N)=O)C1.[Na+]. The van der Waals surface area contributed by atoms with Gasteiger partial charge in [-0.25, -0.2) is 13.8 Å². The second-order valence-electron chi connectivity index (χ2n) is 8.60. The van der Waals surface area contributed by atoms with E-state index >= 15 is 0 Å². The molecule has 2 unspecified atom stereocenters. The monoisotopic (exact) mass is 463 g/mol. The van der Waals surface area contributed by atoms with Crippen LogP contribution >= 0.6 is 0 Å². The standard InChI is InChI=1S/C8H16N2O3S.C8H15NO4S.Na/c1-8(2,3)13-7(11)10-4-6(5-10)14(9)12;1-8(2,3)13-7(10)9-4-6(5-9)14(11)12;/h6H,4-5,9H2,1-3H3;6H,4-5H2,1-3H3,(H,11,12);/q;;+1/p-1. The topological polar surface area (TPSA) is 142 Å². The Balaban J connectivity index is 0.000000523. The molecule has 0 aromatic heterocycles. The van der Waals surface area contributed by atoms with E-state index < -0.39 is 44.6 Å². The van der Waals surface area contributed by atoms with Gasteiger partial charge in [0.2, 0.25) is 0 Å². The molecule has 2 atom stereocenters. The molecule has 29 heavy (non-hydrogen) atoms. The minimum absolute atomic E-state index is 0. The minimum Gasteiger partial charge on any atom is -0.772 e. The summed E-state index contributed by atoms with van der Waals surface area (Å²) >= 11 is -2.08. The number of carbonyl (C=O) groups excluding carboxylic acids is 2. The summed E-state index contributed by atoms with van der Waals surface area (Å²) in [5, 5.41) is 4.66. The summed E-state index contributed by atoms with van der Waals surface area (Å²) in [4.78, 5) is 25.6. The first-order valence-electron chi connectivity index (χ1n) is 8.78. The normalized spacial score (nSPS) is 19.4. The third-order valence-corrected chi connectivity index (χ3v) is 5.40. The van der Waals surface area contributed by atoms with Crippen LogP contribution in [0.15, 0.2) is 0 Å². The Morgan fingerprint density at radius 2 is 1.17 bits per heavy atom. The first kappa shape index (κ1) is 28.8. The smallest absolute Gasteiger partial charge is 0.772 e. The van der Waals surface area contributed by atoms with Gasteiger partial charge in [0.25, 0.3) is 0 Å². The van der Waals surface area contributed by atoms with Crippen LogP contribution in [-0.2, 0) is 31.5 Å². The van der Waals surface area contributed by atoms with Gasteiger partial charge in [0.05, 0.1) is 21.5 Å². The average molecular weight is 464 g/mol. The van der Waals surface area contributed by atoms with Crippen LogP contribution < -0.4 is 34.7 Å². The van der Waals surface area contributed by atoms with Crippen LogP contribution in [0, 0.1) is 0 Å². The van der Waals surface area contributed by atoms with Gasteiger partial charge in [0.15, 0.2) is 0 Å². The largest absolute Gasteiger partial charge is 1.00 e. The van der Waals surface area contributed by atoms with Gasteiger partial charge in [-0.2, -0.15) is 0 Å². The Hall–Kier alpha value is -0.240. The number of likely N-dealkylation sites (tertiary alicyclic amines) is 2. The molecule has 0 bridgehead atoms. The molecule has 2 fully saturated rings. The molecule has 0 aromatic rings. The summed E-state index contributed by atoms with van der Waals surface area (Å²) in [6, 6.07) is 0. The Labute approximate surface area is 199 Å². The molecular formula is C16H30N3NaO7S2. The van der Waals surface area contributed by atoms with Crippen molar-refractivity contribution in [3.63, 3.8) is 0 Å². The van der Waals surface area contributed by atoms with Gasteiger partial charge in [-0.3, -0.25) is 9.35 Å². The molecule has 10 nitrogen and oxygen atoms in total. The van der Waals surface area contributed by atoms with E-state index in [1.807, 2.05) is 20.8 Å². The van der Waals surface area contributed by atoms with E-state index in [1.165, 1.54) is 9.80 Å². The molecule has 2 aliphatic heterocycles. The van der Waals surface area contributed by atoms with Crippen molar-refractivity contribution in [2.45, 2.75) is 63.2 Å². The van der Waals surface area contributed by atoms with E-state index in [2.05, 4.69) is 0 Å². The zero-order valence-corrected chi connectivity index (χ0v) is 21.8. The number of nitrogens with two attached hydrogens (primary N) is 1. The van der Waals surface area contributed by atoms with E-state index in [0.29, 0.717) is 13.1 Å². The molecular weight excluding hydrogens is 433 g/mol. The Morgan fingerprint density at radius 3 is 1.41 bits per heavy atom. The average Bonchev–Trinajstić information content (AvgIpc) is 2.29. The van der Waals surface area contributed by atoms with Crippen LogP contribution in [0.1, 0.15) is 41.5 Å². The molecule has 2 aliphatic rings. The van der Waals surface area contributed by atoms with Crippen molar-refractivity contribution >= 4 is 34.3 Å². The predicted molar refractivity (Wildman–Crippen MR) is 104 cm³/mol. The molecule has 2 amide bonds. The quantitative estimate of drug-likeness (QED) is 0.359. The van der Waals surface area contributed by atoms with E-state index in [9.17, 15) is 22.6 Å². The first-order valence-corrected chi connectivity index (χ1v) is 11.2. The number of ether oxygens (including phenoxy) is 2. The van der Waals surface area contributed by atoms with Crippen molar-refractivity contribution in [1.29, 1.82) is 0 Å². The van der Waals surface area contributed by atoms with Gasteiger partial charge in [-0.05, 0) is 52.6 Å². The van der Waals surface area contributed by atoms with Crippen molar-refractivity contribution in [2.24, 2.45) is 5.14 Å². The van der Waals surface area contributed by atoms with Gasteiger partial charge in [0, 0.05) is 26.2 Å². The summed E-state index contributed by atoms with van der Waals surface area (Å²) in [5.74, 6) is 0. The van der Waals surface area contributed by atoms with E-state index in [0.717, 1.165) is 0 Å². The number of carbonyl (C=O) groups is 2. The van der Waals surface area contributed by atoms with E-state index in [4.69, 9.17) is 14.6 Å². The van der Waals surface area contributed by atoms with Gasteiger partial charge < -0.3 is 23.8 Å². The van der Waals surface area contributed by atoms with Gasteiger partial charge >= 0.3 is 41.7 Å². The van der Waals surface area contributed by atoms with Crippen LogP contribution in [0.2, 0.25) is 0 Å². The molecule has 0 radical (unpaired) electrons. The fourth-order valence-corrected chi connectivity index (χ4v) is 3.35. The Kier molecular flexibility index (Phi) is 11.3. The molecule has 0 aliphatic carbocycles. The van der Waals surface area contributed by atoms with Crippen molar-refractivity contribution in [2.75, 3.05) is 26.2 Å². The maximum absolute atomic E-state index is 11.4. The maximum Gasteiger partial charge on any atom is 1.00 e. The molecule has 2 N–H and O–H groups in total. The summed E-state index contributed by atoms with van der Waals surface area (Å²) in [5.41, 5.74) is -1.01. The van der Waals surface area contributed by atoms with Crippen LogP contribution in [0.4, 0.5) is 9.59 Å². The molecule has 0 aromatic carbocycles. The van der Waals surface area contributed by atoms with Gasteiger partial charge in [0.1, 0.15) is 11.2 Å². The predicted octanol–water partition coefficient (Wildman–Crippen LogP) is -2.28. The second kappa shape index (κ2) is 11.4. The zero-order chi connectivity index (χ0) is 21.9. The van der Waals surface area contributed by atoms with Crippen LogP contribution in [0.3, 0.4) is 0 Å². The number of hydrogen-bond acceptors (Lipinski definition) is 7. The molecule has 2 heterocycles. The van der Waals surface area contributed by atoms with Gasteiger partial charge in [-0.1, -0.05) is 0 Å². The van der Waals surface area contributed by atoms with E-state index in [1.54, 1.807) is 20.8 Å². The summed E-state index contributed by atoms with van der Waals surface area (Å²) in [6.45, 7) is 12.1. The number of hydrogen-bond donors (Lipinski definition) is 1. The molecule has 2 saturated heterocycles. The van der Waals surface area contributed by atoms with Crippen molar-refractivity contribution in [3.8, 4) is 0 Å². The zero-order valence-electron chi connectivity index (χ0n) is 18.1. The molecule has 13 heteroatoms. The molecule has 0 spiro atoms. The number of rotatable bonds is 2. The van der Waals surface area contributed by atoms with Crippen molar-refractivity contribution in [1.82, 2.24) is 9.80 Å². The summed E-state index contributed by atoms with van der Waals surface area (Å²) in [7, 11) is -1.33. The second-order valence-corrected chi connectivity index (χ2v) is 11.1. The van der Waals surface area contributed by atoms with Crippen LogP contribution in [-0.4, -0.2) is 82.8 Å². The molecule has 0 saturated carbocycles. The minimum atomic E-state index is -2.08. The summed E-state index contributed by atoms with van der Waals surface area (Å²) in [6.07, 6.45) is -0.807. The van der Waals surface area contributed by atoms with E-state index in [-0.39, 0.29) is 54.0 Å². The fraction of sp³-hybridized carbons (Fsp3) is 0.875. The fourth-order valence-electron chi connectivity index (χ4n) is 2.10. The summed E-state index contributed by atoms with van der Waals surface area (Å²) < 4.78 is 41.9. The third kappa shape index (κ3) is 10.6. The van der Waals surface area contributed by atoms with Crippen LogP contribution in [0.25, 0.3) is 0 Å². The Bertz CT molecular complexity index is 571. The number of amides is 2. The Morgan fingerprint density at radius 1 is 0.862 bits per heavy atom. The van der Waals surface area contributed by atoms with Crippen molar-refractivity contribution < 1.29 is 61.6 Å². The van der Waals surface area contributed by atoms with Crippen molar-refractivity contribution in [3.05, 3.63) is 0 Å². The maximum atomic E-state index is 11.4. The van der Waals surface area contributed by atoms with Gasteiger partial charge in [-0.15, -0.1) is 0 Å². The first-order chi connectivity index (χ1) is 12.6. The third-order valence-electron chi connectivity index (χ3n) is 3.60. The molecule has 2 rings (SSSR count). The van der Waals surface area contributed by atoms with Crippen LogP contribution in [0.5, 0.6) is 0 Å². The number of nitrogens with zero attached hydrogens (tertiary/aromatic N) is 2. The molecule has 164 valence electrons.